The number of rotatable bonds is 15. The molecule has 127 heavy (non-hydrogen) atoms. The number of aromatic nitrogens is 8. The van der Waals surface area contributed by atoms with Crippen LogP contribution in [0.3, 0.4) is 0 Å². The number of nitrogens with zero attached hydrogens (tertiary/aromatic N) is 8. The average Bonchev–Trinajstić information content (AvgIpc) is 1.54. The first-order valence-electron chi connectivity index (χ1n) is 39.4. The first-order chi connectivity index (χ1) is 61.5. The molecule has 4 N–H and O–H groups in total. The van der Waals surface area contributed by atoms with Crippen LogP contribution in [0.5, 0.6) is 0 Å². The van der Waals surface area contributed by atoms with Crippen molar-refractivity contribution in [3.8, 4) is 87.3 Å². The lowest BCUT2D eigenvalue weighted by Crippen LogP contribution is -2.21. The number of halogens is 12. The van der Waals surface area contributed by atoms with Crippen molar-refractivity contribution in [3.05, 3.63) is 350 Å². The number of anilines is 4. The van der Waals surface area contributed by atoms with Gasteiger partial charge in [-0.1, -0.05) is 60.7 Å². The lowest BCUT2D eigenvalue weighted by molar-refractivity contribution is -0.116. The number of nitrogens with one attached hydrogen (secondary N) is 4. The van der Waals surface area contributed by atoms with Gasteiger partial charge in [0.15, 0.2) is 58.2 Å². The van der Waals surface area contributed by atoms with Gasteiger partial charge in [-0.15, -0.1) is 45.3 Å². The minimum atomic E-state index is -2.30. The molecular weight excluding hydrogens is 1840 g/mol. The molecule has 8 aromatic heterocycles. The molecule has 0 unspecified atom stereocenters. The van der Waals surface area contributed by atoms with Crippen molar-refractivity contribution in [2.75, 3.05) is 21.3 Å². The SMILES string of the molecule is O=C(Cc1c(F)c(F)c(F)c(F)c1F)Nc1nc2c(nc1-c1cccs1)-c1ccc(F)cc1CC2.O=C(Cc1ccc(F)c(F)c1)Nc1nc2c(nc1-c1cccs1)-c1ccc(F)cc1CC2.O=C(Cc1ccc(I)cc1)Nc1nc2c(nc1-c1cccs1)-c1ccc(F)cc1CC2.O=C(Nc1nc2c(nc1-c1cccs1)-c1ccc(F)cc1CC2)c1ccccc1. The molecule has 4 aliphatic carbocycles. The van der Waals surface area contributed by atoms with Crippen LogP contribution in [0, 0.1) is 67.6 Å². The molecule has 8 heterocycles. The first kappa shape index (κ1) is 85.9. The van der Waals surface area contributed by atoms with Crippen LogP contribution >= 0.6 is 67.9 Å². The largest absolute Gasteiger partial charge is 0.309 e. The minimum absolute atomic E-state index is 0.0226. The van der Waals surface area contributed by atoms with E-state index < -0.39 is 64.5 Å². The van der Waals surface area contributed by atoms with Gasteiger partial charge < -0.3 is 21.3 Å². The zero-order valence-electron chi connectivity index (χ0n) is 65.9. The van der Waals surface area contributed by atoms with Crippen molar-refractivity contribution >= 4 is 115 Å². The number of carbonyl (C=O) groups excluding carboxylic acids is 4. The molecule has 0 saturated carbocycles. The second-order valence-corrected chi connectivity index (χ2v) is 34.4. The third kappa shape index (κ3) is 19.0. The number of benzene rings is 8. The molecule has 0 radical (unpaired) electrons. The Morgan fingerprint density at radius 2 is 0.622 bits per heavy atom. The van der Waals surface area contributed by atoms with E-state index in [1.54, 1.807) is 77.4 Å². The van der Waals surface area contributed by atoms with E-state index in [9.17, 15) is 67.5 Å². The molecule has 4 aliphatic rings. The second kappa shape index (κ2) is 37.5. The van der Waals surface area contributed by atoms with Gasteiger partial charge in [0.25, 0.3) is 5.91 Å². The minimum Gasteiger partial charge on any atom is -0.309 e. The van der Waals surface area contributed by atoms with Gasteiger partial charge in [0.05, 0.1) is 84.3 Å². The van der Waals surface area contributed by atoms with Crippen molar-refractivity contribution in [2.45, 2.75) is 70.6 Å². The van der Waals surface area contributed by atoms with Gasteiger partial charge in [0.2, 0.25) is 23.5 Å². The third-order valence-electron chi connectivity index (χ3n) is 21.0. The van der Waals surface area contributed by atoms with Crippen LogP contribution in [0.25, 0.3) is 87.3 Å². The molecule has 16 nitrogen and oxygen atoms in total. The molecule has 0 bridgehead atoms. The fraction of sp³-hybridized carbons (Fsp3) is 0.116. The topological polar surface area (TPSA) is 220 Å². The quantitative estimate of drug-likeness (QED) is 0.0326. The van der Waals surface area contributed by atoms with E-state index in [0.29, 0.717) is 130 Å². The van der Waals surface area contributed by atoms with E-state index in [1.165, 1.54) is 76.5 Å². The fourth-order valence-corrected chi connectivity index (χ4v) is 18.2. The molecule has 0 atom stereocenters. The summed E-state index contributed by atoms with van der Waals surface area (Å²) in [6.07, 6.45) is 3.77. The number of fused-ring (bicyclic) bond motifs is 12. The van der Waals surface area contributed by atoms with Crippen LogP contribution in [0.1, 0.15) is 72.1 Å². The molecule has 0 fully saturated rings. The maximum absolute atomic E-state index is 14.0. The normalized spacial score (nSPS) is 12.2. The molecule has 32 heteroatoms. The Bertz CT molecular complexity index is 6930. The lowest BCUT2D eigenvalue weighted by atomic mass is 9.91. The van der Waals surface area contributed by atoms with Crippen LogP contribution in [-0.2, 0) is 85.0 Å². The Kier molecular flexibility index (Phi) is 25.3. The van der Waals surface area contributed by atoms with Crippen LogP contribution in [0.2, 0.25) is 0 Å². The summed E-state index contributed by atoms with van der Waals surface area (Å²) in [6, 6.07) is 53.8. The Morgan fingerprint density at radius 3 is 0.961 bits per heavy atom. The number of hydrogen-bond donors (Lipinski definition) is 4. The highest BCUT2D eigenvalue weighted by Crippen LogP contribution is 2.44. The summed E-state index contributed by atoms with van der Waals surface area (Å²) in [6.45, 7) is 0. The summed E-state index contributed by atoms with van der Waals surface area (Å²) in [5, 5.41) is 18.7. The van der Waals surface area contributed by atoms with E-state index in [4.69, 9.17) is 24.9 Å². The highest BCUT2D eigenvalue weighted by molar-refractivity contribution is 14.1. The standard InChI is InChI=1S/C24H13F6N3OS.C24H16F3N3OS.C24H17FIN3OS.C23H16FN3OS/c25-11-4-5-12-10(8-11)3-6-14-22(12)33-23(15-2-1-7-35-15)24(31-14)32-16(34)9-13-17(26)19(28)21(30)20(29)18(13)27;25-15-5-6-16-14(12-15)4-8-19-22(16)30-23(20-2-1-9-32-20)24(28-19)29-21(31)11-13-3-7-17(26)18(27)10-13;25-16-6-9-18-15(13-16)5-10-19-22(18)29-23(20-2-1-11-31-20)24(27-19)28-21(30)12-14-3-7-17(26)8-4-14;24-16-9-10-17-15(13-16)8-11-18-20(17)26-21(19-7-4-12-29-19)22(25-18)27-23(28)14-5-2-1-3-6-14/h1-2,4-5,7-8H,3,6,9H2,(H,31,32,34);1-3,5-7,9-10,12H,4,8,11H2,(H,28,29,31);1-4,6-9,11,13H,5,10,12H2,(H,27,28,30);1-7,9-10,12-13H,8,11H2,(H,25,27,28). The van der Waals surface area contributed by atoms with Gasteiger partial charge in [-0.05, 0) is 262 Å². The molecule has 634 valence electrons. The predicted octanol–water partition coefficient (Wildman–Crippen LogP) is 22.8. The predicted molar refractivity (Wildman–Crippen MR) is 476 cm³/mol. The van der Waals surface area contributed by atoms with Gasteiger partial charge in [0.1, 0.15) is 46.0 Å². The molecule has 0 aliphatic heterocycles. The second-order valence-electron chi connectivity index (χ2n) is 29.4. The van der Waals surface area contributed by atoms with Crippen molar-refractivity contribution in [2.24, 2.45) is 0 Å². The van der Waals surface area contributed by atoms with Gasteiger partial charge in [-0.3, -0.25) is 19.2 Å². The highest BCUT2D eigenvalue weighted by atomic mass is 127. The van der Waals surface area contributed by atoms with Crippen LogP contribution in [0.15, 0.2) is 216 Å². The van der Waals surface area contributed by atoms with E-state index in [-0.39, 0.29) is 59.4 Å². The summed E-state index contributed by atoms with van der Waals surface area (Å²) in [5.74, 6) is -14.4. The summed E-state index contributed by atoms with van der Waals surface area (Å²) in [5.41, 5.74) is 15.0. The van der Waals surface area contributed by atoms with Gasteiger partial charge in [0, 0.05) is 37.0 Å². The smallest absolute Gasteiger partial charge is 0.256 e. The fourth-order valence-electron chi connectivity index (χ4n) is 15.0. The van der Waals surface area contributed by atoms with Crippen molar-refractivity contribution in [1.29, 1.82) is 0 Å². The van der Waals surface area contributed by atoms with Gasteiger partial charge in [-0.25, -0.2) is 88.2 Å². The van der Waals surface area contributed by atoms with E-state index >= 15 is 0 Å². The molecule has 8 aromatic carbocycles. The van der Waals surface area contributed by atoms with Crippen molar-refractivity contribution in [3.63, 3.8) is 0 Å². The van der Waals surface area contributed by atoms with E-state index in [1.807, 2.05) is 95.0 Å². The zero-order chi connectivity index (χ0) is 88.3. The van der Waals surface area contributed by atoms with Crippen LogP contribution < -0.4 is 21.3 Å². The Balaban J connectivity index is 0.000000119. The average molecular weight is 1900 g/mol. The van der Waals surface area contributed by atoms with Crippen molar-refractivity contribution < 1.29 is 67.5 Å². The van der Waals surface area contributed by atoms with Crippen LogP contribution in [-0.4, -0.2) is 63.5 Å². The molecule has 0 saturated heterocycles. The maximum Gasteiger partial charge on any atom is 0.256 e. The number of hydrogen-bond acceptors (Lipinski definition) is 16. The van der Waals surface area contributed by atoms with Gasteiger partial charge >= 0.3 is 0 Å². The Morgan fingerprint density at radius 1 is 0.299 bits per heavy atom. The lowest BCUT2D eigenvalue weighted by Gasteiger charge is -2.20. The van der Waals surface area contributed by atoms with Gasteiger partial charge in [-0.2, -0.15) is 0 Å². The number of amides is 4. The molecule has 0 spiro atoms. The summed E-state index contributed by atoms with van der Waals surface area (Å²) >= 11 is 8.06. The maximum atomic E-state index is 14.0. The number of carbonyl (C=O) groups is 4. The molecular formula is C95H62F11IN12O4S4. The monoisotopic (exact) mass is 1900 g/mol. The Hall–Kier alpha value is -13.3. The van der Waals surface area contributed by atoms with Crippen molar-refractivity contribution in [1.82, 2.24) is 39.9 Å². The third-order valence-corrected chi connectivity index (χ3v) is 25.2. The summed E-state index contributed by atoms with van der Waals surface area (Å²) in [7, 11) is 0. The molecule has 4 amide bonds. The number of aryl methyl sites for hydroxylation is 8. The first-order valence-corrected chi connectivity index (χ1v) is 44.0. The molecule has 16 aromatic rings. The summed E-state index contributed by atoms with van der Waals surface area (Å²) in [4.78, 5) is 92.1. The van der Waals surface area contributed by atoms with E-state index in [0.717, 1.165) is 97.6 Å². The number of thiophene rings is 4. The highest BCUT2D eigenvalue weighted by Gasteiger charge is 2.32. The molecule has 20 rings (SSSR count). The Labute approximate surface area is 746 Å². The zero-order valence-corrected chi connectivity index (χ0v) is 71.4. The summed E-state index contributed by atoms with van der Waals surface area (Å²) < 4.78 is 151. The van der Waals surface area contributed by atoms with Crippen LogP contribution in [0.4, 0.5) is 71.6 Å². The van der Waals surface area contributed by atoms with E-state index in [2.05, 4.69) is 58.8 Å².